The van der Waals surface area contributed by atoms with Gasteiger partial charge < -0.3 is 10.2 Å². The highest BCUT2D eigenvalue weighted by Crippen LogP contribution is 2.24. The number of piperidine rings is 1. The van der Waals surface area contributed by atoms with Gasteiger partial charge in [0.25, 0.3) is 0 Å². The van der Waals surface area contributed by atoms with E-state index >= 15 is 0 Å². The summed E-state index contributed by atoms with van der Waals surface area (Å²) in [6.45, 7) is 7.48. The summed E-state index contributed by atoms with van der Waals surface area (Å²) in [5, 5.41) is 3.67. The van der Waals surface area contributed by atoms with E-state index in [1.807, 2.05) is 0 Å². The SMILES string of the molecule is CCSCCCN1CC2CCCNC2C1. The third-order valence-electron chi connectivity index (χ3n) is 3.64. The molecular formula is C12H24N2S. The summed E-state index contributed by atoms with van der Waals surface area (Å²) in [5.41, 5.74) is 0. The fourth-order valence-electron chi connectivity index (χ4n) is 2.85. The largest absolute Gasteiger partial charge is 0.312 e. The molecule has 88 valence electrons. The van der Waals surface area contributed by atoms with Crippen molar-refractivity contribution in [2.75, 3.05) is 37.7 Å². The van der Waals surface area contributed by atoms with Crippen molar-refractivity contribution < 1.29 is 0 Å². The first-order valence-corrected chi connectivity index (χ1v) is 7.59. The highest BCUT2D eigenvalue weighted by Gasteiger charge is 2.33. The zero-order valence-electron chi connectivity index (χ0n) is 9.87. The average Bonchev–Trinajstić information content (AvgIpc) is 2.67. The lowest BCUT2D eigenvalue weighted by Gasteiger charge is -2.24. The smallest absolute Gasteiger partial charge is 0.0235 e. The van der Waals surface area contributed by atoms with Gasteiger partial charge in [-0.2, -0.15) is 11.8 Å². The Balaban J connectivity index is 1.63. The fraction of sp³-hybridized carbons (Fsp3) is 1.00. The van der Waals surface area contributed by atoms with Gasteiger partial charge in [-0.25, -0.2) is 0 Å². The van der Waals surface area contributed by atoms with Gasteiger partial charge in [-0.15, -0.1) is 0 Å². The van der Waals surface area contributed by atoms with Gasteiger partial charge in [0.15, 0.2) is 0 Å². The summed E-state index contributed by atoms with van der Waals surface area (Å²) in [4.78, 5) is 2.67. The Morgan fingerprint density at radius 3 is 3.13 bits per heavy atom. The lowest BCUT2D eigenvalue weighted by atomic mass is 9.94. The number of hydrogen-bond donors (Lipinski definition) is 1. The number of thioether (sulfide) groups is 1. The highest BCUT2D eigenvalue weighted by molar-refractivity contribution is 7.99. The Morgan fingerprint density at radius 2 is 2.33 bits per heavy atom. The predicted molar refractivity (Wildman–Crippen MR) is 68.6 cm³/mol. The van der Waals surface area contributed by atoms with Crippen LogP contribution in [0.4, 0.5) is 0 Å². The Kier molecular flexibility index (Phi) is 4.79. The van der Waals surface area contributed by atoms with Crippen LogP contribution in [-0.2, 0) is 0 Å². The van der Waals surface area contributed by atoms with Crippen molar-refractivity contribution >= 4 is 11.8 Å². The third kappa shape index (κ3) is 3.36. The molecule has 2 rings (SSSR count). The first kappa shape index (κ1) is 11.7. The maximum absolute atomic E-state index is 3.67. The van der Waals surface area contributed by atoms with E-state index in [0.717, 1.165) is 12.0 Å². The van der Waals surface area contributed by atoms with Gasteiger partial charge in [0.1, 0.15) is 0 Å². The van der Waals surface area contributed by atoms with Crippen LogP contribution >= 0.6 is 11.8 Å². The summed E-state index contributed by atoms with van der Waals surface area (Å²) in [6.07, 6.45) is 4.22. The number of rotatable bonds is 5. The zero-order valence-corrected chi connectivity index (χ0v) is 10.7. The second-order valence-electron chi connectivity index (χ2n) is 4.77. The van der Waals surface area contributed by atoms with Crippen molar-refractivity contribution in [1.29, 1.82) is 0 Å². The lowest BCUT2D eigenvalue weighted by Crippen LogP contribution is -2.40. The second kappa shape index (κ2) is 6.12. The highest BCUT2D eigenvalue weighted by atomic mass is 32.2. The van der Waals surface area contributed by atoms with Crippen LogP contribution in [-0.4, -0.2) is 48.6 Å². The predicted octanol–water partition coefficient (Wildman–Crippen LogP) is 1.81. The Labute approximate surface area is 98.2 Å². The first-order valence-electron chi connectivity index (χ1n) is 6.43. The maximum atomic E-state index is 3.67. The molecule has 2 unspecified atom stereocenters. The van der Waals surface area contributed by atoms with Gasteiger partial charge in [0.2, 0.25) is 0 Å². The molecule has 2 atom stereocenters. The fourth-order valence-corrected chi connectivity index (χ4v) is 3.48. The molecule has 2 aliphatic heterocycles. The van der Waals surface area contributed by atoms with Gasteiger partial charge in [-0.3, -0.25) is 0 Å². The van der Waals surface area contributed by atoms with Crippen LogP contribution < -0.4 is 5.32 Å². The second-order valence-corrected chi connectivity index (χ2v) is 6.17. The molecule has 0 aromatic carbocycles. The van der Waals surface area contributed by atoms with Crippen LogP contribution in [0.3, 0.4) is 0 Å². The molecule has 15 heavy (non-hydrogen) atoms. The van der Waals surface area contributed by atoms with Crippen LogP contribution in [0.2, 0.25) is 0 Å². The molecular weight excluding hydrogens is 204 g/mol. The van der Waals surface area contributed by atoms with Crippen molar-refractivity contribution in [1.82, 2.24) is 10.2 Å². The van der Waals surface area contributed by atoms with E-state index in [1.165, 1.54) is 56.9 Å². The molecule has 2 saturated heterocycles. The number of nitrogens with zero attached hydrogens (tertiary/aromatic N) is 1. The minimum absolute atomic E-state index is 0.817. The Hall–Kier alpha value is 0.270. The van der Waals surface area contributed by atoms with Gasteiger partial charge >= 0.3 is 0 Å². The number of nitrogens with one attached hydrogen (secondary N) is 1. The van der Waals surface area contributed by atoms with E-state index in [9.17, 15) is 0 Å². The van der Waals surface area contributed by atoms with Crippen molar-refractivity contribution in [2.24, 2.45) is 5.92 Å². The van der Waals surface area contributed by atoms with Crippen LogP contribution in [0, 0.1) is 5.92 Å². The van der Waals surface area contributed by atoms with E-state index in [0.29, 0.717) is 0 Å². The van der Waals surface area contributed by atoms with Gasteiger partial charge in [-0.1, -0.05) is 6.92 Å². The molecule has 1 N–H and O–H groups in total. The topological polar surface area (TPSA) is 15.3 Å². The van der Waals surface area contributed by atoms with Crippen LogP contribution in [0.5, 0.6) is 0 Å². The molecule has 0 amide bonds. The standard InChI is InChI=1S/C12H24N2S/c1-2-15-8-4-7-14-9-11-5-3-6-13-12(11)10-14/h11-13H,2-10H2,1H3. The van der Waals surface area contributed by atoms with Gasteiger partial charge in [0, 0.05) is 19.1 Å². The quantitative estimate of drug-likeness (QED) is 0.723. The molecule has 0 aliphatic carbocycles. The molecule has 2 fully saturated rings. The molecule has 0 radical (unpaired) electrons. The summed E-state index contributed by atoms with van der Waals surface area (Å²) >= 11 is 2.07. The normalized spacial score (nSPS) is 31.8. The summed E-state index contributed by atoms with van der Waals surface area (Å²) < 4.78 is 0. The summed E-state index contributed by atoms with van der Waals surface area (Å²) in [5.74, 6) is 3.57. The molecule has 0 aromatic heterocycles. The number of hydrogen-bond acceptors (Lipinski definition) is 3. The molecule has 2 nitrogen and oxygen atoms in total. The van der Waals surface area contributed by atoms with Crippen LogP contribution in [0.1, 0.15) is 26.2 Å². The van der Waals surface area contributed by atoms with Crippen molar-refractivity contribution in [2.45, 2.75) is 32.2 Å². The van der Waals surface area contributed by atoms with Crippen molar-refractivity contribution in [3.8, 4) is 0 Å². The van der Waals surface area contributed by atoms with Crippen molar-refractivity contribution in [3.63, 3.8) is 0 Å². The van der Waals surface area contributed by atoms with E-state index in [4.69, 9.17) is 0 Å². The zero-order chi connectivity index (χ0) is 10.5. The van der Waals surface area contributed by atoms with Crippen LogP contribution in [0.15, 0.2) is 0 Å². The minimum atomic E-state index is 0.817. The maximum Gasteiger partial charge on any atom is 0.0235 e. The van der Waals surface area contributed by atoms with Gasteiger partial charge in [-0.05, 0) is 49.8 Å². The molecule has 0 bridgehead atoms. The third-order valence-corrected chi connectivity index (χ3v) is 4.63. The monoisotopic (exact) mass is 228 g/mol. The van der Waals surface area contributed by atoms with E-state index < -0.39 is 0 Å². The Bertz CT molecular complexity index is 172. The summed E-state index contributed by atoms with van der Waals surface area (Å²) in [7, 11) is 0. The molecule has 0 aromatic rings. The molecule has 0 saturated carbocycles. The lowest BCUT2D eigenvalue weighted by molar-refractivity contribution is 0.320. The Morgan fingerprint density at radius 1 is 1.40 bits per heavy atom. The molecule has 3 heteroatoms. The van der Waals surface area contributed by atoms with Crippen molar-refractivity contribution in [3.05, 3.63) is 0 Å². The molecule has 2 aliphatic rings. The summed E-state index contributed by atoms with van der Waals surface area (Å²) in [6, 6.07) is 0.817. The number of likely N-dealkylation sites (tertiary alicyclic amines) is 1. The van der Waals surface area contributed by atoms with Gasteiger partial charge in [0.05, 0.1) is 0 Å². The first-order chi connectivity index (χ1) is 7.40. The number of fused-ring (bicyclic) bond motifs is 1. The average molecular weight is 228 g/mol. The molecule has 0 spiro atoms. The minimum Gasteiger partial charge on any atom is -0.312 e. The van der Waals surface area contributed by atoms with Crippen LogP contribution in [0.25, 0.3) is 0 Å². The molecule has 2 heterocycles. The van der Waals surface area contributed by atoms with E-state index in [1.54, 1.807) is 0 Å². The van der Waals surface area contributed by atoms with E-state index in [-0.39, 0.29) is 0 Å². The van der Waals surface area contributed by atoms with E-state index in [2.05, 4.69) is 28.9 Å².